The lowest BCUT2D eigenvalue weighted by Gasteiger charge is -2.37. The normalized spacial score (nSPS) is 15.8. The van der Waals surface area contributed by atoms with E-state index in [1.54, 1.807) is 16.8 Å². The largest absolute Gasteiger partial charge is 0.246 e. The maximum Gasteiger partial charge on any atom is 0.243 e. The van der Waals surface area contributed by atoms with Crippen LogP contribution in [-0.4, -0.2) is 40.8 Å². The fraction of sp³-hybridized carbons (Fsp3) is 0.300. The van der Waals surface area contributed by atoms with E-state index < -0.39 is 10.0 Å². The Morgan fingerprint density at radius 2 is 1.67 bits per heavy atom. The van der Waals surface area contributed by atoms with Crippen LogP contribution >= 0.6 is 0 Å². The smallest absolute Gasteiger partial charge is 0.243 e. The van der Waals surface area contributed by atoms with Crippen molar-refractivity contribution in [1.29, 1.82) is 0 Å². The van der Waals surface area contributed by atoms with Crippen molar-refractivity contribution in [2.45, 2.75) is 30.7 Å². The Balaban J connectivity index is 1.45. The van der Waals surface area contributed by atoms with Gasteiger partial charge in [0.2, 0.25) is 10.0 Å². The van der Waals surface area contributed by atoms with Gasteiger partial charge in [-0.1, -0.05) is 61.5 Å². The summed E-state index contributed by atoms with van der Waals surface area (Å²) < 4.78 is 28.8. The molecule has 140 valence electrons. The predicted molar refractivity (Wildman–Crippen MR) is 104 cm³/mol. The zero-order valence-electron chi connectivity index (χ0n) is 15.4. The van der Waals surface area contributed by atoms with E-state index in [4.69, 9.17) is 0 Å². The van der Waals surface area contributed by atoms with E-state index in [0.717, 1.165) is 16.8 Å². The van der Waals surface area contributed by atoms with Gasteiger partial charge in [-0.05, 0) is 23.6 Å². The van der Waals surface area contributed by atoms with Crippen molar-refractivity contribution in [3.63, 3.8) is 0 Å². The predicted octanol–water partition coefficient (Wildman–Crippen LogP) is 3.31. The Morgan fingerprint density at radius 1 is 1.00 bits per heavy atom. The van der Waals surface area contributed by atoms with Crippen LogP contribution in [0.3, 0.4) is 0 Å². The van der Waals surface area contributed by atoms with Gasteiger partial charge in [-0.3, -0.25) is 0 Å². The highest BCUT2D eigenvalue weighted by atomic mass is 32.2. The van der Waals surface area contributed by atoms with Gasteiger partial charge < -0.3 is 0 Å². The summed E-state index contributed by atoms with van der Waals surface area (Å²) in [5.41, 5.74) is 2.92. The maximum absolute atomic E-state index is 12.8. The molecule has 0 atom stereocenters. The molecule has 0 bridgehead atoms. The summed E-state index contributed by atoms with van der Waals surface area (Å²) in [5, 5.41) is 8.39. The van der Waals surface area contributed by atoms with Crippen LogP contribution in [0, 0.1) is 0 Å². The number of hydrogen-bond donors (Lipinski definition) is 0. The van der Waals surface area contributed by atoms with Gasteiger partial charge in [0.15, 0.2) is 0 Å². The van der Waals surface area contributed by atoms with Gasteiger partial charge in [0.25, 0.3) is 0 Å². The highest BCUT2D eigenvalue weighted by Crippen LogP contribution is 2.29. The molecular weight excluding hydrogens is 360 g/mol. The highest BCUT2D eigenvalue weighted by Gasteiger charge is 2.38. The Bertz CT molecular complexity index is 1020. The molecule has 2 aromatic carbocycles. The van der Waals surface area contributed by atoms with Gasteiger partial charge in [0.05, 0.1) is 17.1 Å². The van der Waals surface area contributed by atoms with Crippen molar-refractivity contribution in [3.05, 3.63) is 66.4 Å². The van der Waals surface area contributed by atoms with Crippen LogP contribution in [0.15, 0.2) is 65.7 Å². The molecule has 1 aliphatic heterocycles. The van der Waals surface area contributed by atoms with Crippen LogP contribution in [-0.2, 0) is 10.0 Å². The van der Waals surface area contributed by atoms with Crippen molar-refractivity contribution >= 4 is 10.0 Å². The van der Waals surface area contributed by atoms with Crippen molar-refractivity contribution in [1.82, 2.24) is 19.3 Å². The fourth-order valence-corrected chi connectivity index (χ4v) is 4.67. The Hall–Kier alpha value is -2.51. The van der Waals surface area contributed by atoms with Crippen LogP contribution < -0.4 is 0 Å². The molecule has 0 unspecified atom stereocenters. The first-order chi connectivity index (χ1) is 12.9. The standard InChI is InChI=1S/C20H22N4O2S/c1-15(2)16-8-10-19(11-9-16)27(25,26)23-12-18(13-23)24-14-20(21-22-24)17-6-4-3-5-7-17/h3-11,14-15,18H,12-13H2,1-2H3. The summed E-state index contributed by atoms with van der Waals surface area (Å²) in [6.45, 7) is 4.99. The van der Waals surface area contributed by atoms with Crippen molar-refractivity contribution < 1.29 is 8.42 Å². The van der Waals surface area contributed by atoms with Gasteiger partial charge in [0, 0.05) is 18.7 Å². The average Bonchev–Trinajstić information content (AvgIpc) is 3.10. The second kappa shape index (κ2) is 6.90. The van der Waals surface area contributed by atoms with Crippen LogP contribution in [0.4, 0.5) is 0 Å². The van der Waals surface area contributed by atoms with E-state index in [2.05, 4.69) is 24.2 Å². The van der Waals surface area contributed by atoms with Crippen molar-refractivity contribution in [2.75, 3.05) is 13.1 Å². The lowest BCUT2D eigenvalue weighted by Crippen LogP contribution is -2.50. The van der Waals surface area contributed by atoms with Gasteiger partial charge in [-0.25, -0.2) is 13.1 Å². The van der Waals surface area contributed by atoms with Crippen LogP contribution in [0.5, 0.6) is 0 Å². The van der Waals surface area contributed by atoms with Crippen molar-refractivity contribution in [2.24, 2.45) is 0 Å². The second-order valence-electron chi connectivity index (χ2n) is 7.15. The van der Waals surface area contributed by atoms with Gasteiger partial charge in [0.1, 0.15) is 5.69 Å². The first-order valence-electron chi connectivity index (χ1n) is 9.02. The Labute approximate surface area is 159 Å². The molecule has 1 aromatic heterocycles. The molecule has 0 aliphatic carbocycles. The van der Waals surface area contributed by atoms with E-state index in [1.165, 1.54) is 4.31 Å². The average molecular weight is 382 g/mol. The second-order valence-corrected chi connectivity index (χ2v) is 9.09. The topological polar surface area (TPSA) is 68.1 Å². The minimum absolute atomic E-state index is 0.0136. The zero-order chi connectivity index (χ0) is 19.0. The molecule has 0 saturated carbocycles. The molecule has 1 fully saturated rings. The van der Waals surface area contributed by atoms with Gasteiger partial charge >= 0.3 is 0 Å². The van der Waals surface area contributed by atoms with Crippen LogP contribution in [0.1, 0.15) is 31.4 Å². The molecule has 6 nitrogen and oxygen atoms in total. The Morgan fingerprint density at radius 3 is 2.30 bits per heavy atom. The van der Waals surface area contributed by atoms with E-state index in [1.807, 2.05) is 48.7 Å². The third-order valence-electron chi connectivity index (χ3n) is 4.97. The number of nitrogens with zero attached hydrogens (tertiary/aromatic N) is 4. The number of benzene rings is 2. The number of aromatic nitrogens is 3. The molecule has 4 rings (SSSR count). The summed E-state index contributed by atoms with van der Waals surface area (Å²) in [5.74, 6) is 0.376. The zero-order valence-corrected chi connectivity index (χ0v) is 16.2. The minimum atomic E-state index is -3.46. The Kier molecular flexibility index (Phi) is 4.57. The molecule has 0 amide bonds. The lowest BCUT2D eigenvalue weighted by molar-refractivity contribution is 0.189. The van der Waals surface area contributed by atoms with E-state index in [0.29, 0.717) is 23.9 Å². The molecule has 0 spiro atoms. The number of hydrogen-bond acceptors (Lipinski definition) is 4. The molecule has 0 radical (unpaired) electrons. The van der Waals surface area contributed by atoms with E-state index in [-0.39, 0.29) is 6.04 Å². The molecule has 7 heteroatoms. The number of rotatable bonds is 5. The first kappa shape index (κ1) is 17.9. The first-order valence-corrected chi connectivity index (χ1v) is 10.5. The maximum atomic E-state index is 12.8. The lowest BCUT2D eigenvalue weighted by atomic mass is 10.0. The van der Waals surface area contributed by atoms with Crippen LogP contribution in [0.25, 0.3) is 11.3 Å². The molecule has 2 heterocycles. The van der Waals surface area contributed by atoms with Crippen molar-refractivity contribution in [3.8, 4) is 11.3 Å². The van der Waals surface area contributed by atoms with E-state index >= 15 is 0 Å². The SMILES string of the molecule is CC(C)c1ccc(S(=O)(=O)N2CC(n3cc(-c4ccccc4)nn3)C2)cc1. The quantitative estimate of drug-likeness (QED) is 0.679. The number of sulfonamides is 1. The molecule has 3 aromatic rings. The third kappa shape index (κ3) is 3.40. The summed E-state index contributed by atoms with van der Waals surface area (Å²) in [4.78, 5) is 0.342. The molecule has 1 saturated heterocycles. The highest BCUT2D eigenvalue weighted by molar-refractivity contribution is 7.89. The van der Waals surface area contributed by atoms with Gasteiger partial charge in [-0.2, -0.15) is 4.31 Å². The third-order valence-corrected chi connectivity index (χ3v) is 6.81. The summed E-state index contributed by atoms with van der Waals surface area (Å²) in [6, 6.07) is 17.0. The molecule has 27 heavy (non-hydrogen) atoms. The van der Waals surface area contributed by atoms with Gasteiger partial charge in [-0.15, -0.1) is 5.10 Å². The monoisotopic (exact) mass is 382 g/mol. The fourth-order valence-electron chi connectivity index (χ4n) is 3.15. The van der Waals surface area contributed by atoms with Crippen LogP contribution in [0.2, 0.25) is 0 Å². The summed E-state index contributed by atoms with van der Waals surface area (Å²) in [6.07, 6.45) is 1.88. The van der Waals surface area contributed by atoms with E-state index in [9.17, 15) is 8.42 Å². The summed E-state index contributed by atoms with van der Waals surface area (Å²) >= 11 is 0. The molecule has 0 N–H and O–H groups in total. The summed E-state index contributed by atoms with van der Waals surface area (Å²) in [7, 11) is -3.46. The molecular formula is C20H22N4O2S. The molecule has 1 aliphatic rings. The minimum Gasteiger partial charge on any atom is -0.246 e.